The van der Waals surface area contributed by atoms with E-state index >= 15 is 0 Å². The molecule has 0 spiro atoms. The van der Waals surface area contributed by atoms with E-state index in [4.69, 9.17) is 14.7 Å². The lowest BCUT2D eigenvalue weighted by Crippen LogP contribution is -2.41. The molecule has 2 aromatic heterocycles. The van der Waals surface area contributed by atoms with Gasteiger partial charge in [0.05, 0.1) is 19.9 Å². The summed E-state index contributed by atoms with van der Waals surface area (Å²) in [5.74, 6) is 0.891. The lowest BCUT2D eigenvalue weighted by atomic mass is 9.94. The smallest absolute Gasteiger partial charge is 0.433 e. The third kappa shape index (κ3) is 4.78. The number of ether oxygens (including phenoxy) is 1. The number of hydrogen-bond acceptors (Lipinski definition) is 8. The Morgan fingerprint density at radius 2 is 1.75 bits per heavy atom. The second-order valence-electron chi connectivity index (χ2n) is 8.16. The molecule has 184 valence electrons. The zero-order valence-corrected chi connectivity index (χ0v) is 19.4. The Bertz CT molecular complexity index is 1330. The minimum atomic E-state index is -4.49. The molecule has 0 atom stereocenters. The first-order chi connectivity index (χ1) is 17.3. The van der Waals surface area contributed by atoms with Crippen LogP contribution < -0.4 is 4.74 Å². The molecule has 1 aromatic carbocycles. The van der Waals surface area contributed by atoms with Crippen molar-refractivity contribution in [2.24, 2.45) is 10.2 Å². The fourth-order valence-corrected chi connectivity index (χ4v) is 3.78. The van der Waals surface area contributed by atoms with Crippen LogP contribution in [0.2, 0.25) is 0 Å². The van der Waals surface area contributed by atoms with Crippen LogP contribution in [0.25, 0.3) is 11.1 Å². The normalized spacial score (nSPS) is 15.6. The van der Waals surface area contributed by atoms with Gasteiger partial charge in [0.15, 0.2) is 6.73 Å². The number of amidine groups is 1. The Kier molecular flexibility index (Phi) is 6.15. The summed E-state index contributed by atoms with van der Waals surface area (Å²) < 4.78 is 43.8. The zero-order chi connectivity index (χ0) is 25.3. The predicted molar refractivity (Wildman–Crippen MR) is 127 cm³/mol. The number of alkyl halides is 3. The maximum atomic E-state index is 12.9. The molecule has 0 bridgehead atoms. The first-order valence-electron chi connectivity index (χ1n) is 11.0. The van der Waals surface area contributed by atoms with Gasteiger partial charge in [0.1, 0.15) is 5.69 Å². The number of hydrazone groups is 2. The monoisotopic (exact) mass is 494 g/mol. The molecule has 0 N–H and O–H groups in total. The molecular weight excluding hydrogens is 473 g/mol. The molecule has 0 aliphatic carbocycles. The van der Waals surface area contributed by atoms with Crippen molar-refractivity contribution in [1.29, 1.82) is 0 Å². The molecule has 0 saturated heterocycles. The molecule has 36 heavy (non-hydrogen) atoms. The highest BCUT2D eigenvalue weighted by atomic mass is 19.4. The summed E-state index contributed by atoms with van der Waals surface area (Å²) in [6.07, 6.45) is 0.0853. The minimum Gasteiger partial charge on any atom is -0.481 e. The Morgan fingerprint density at radius 3 is 2.39 bits per heavy atom. The number of pyridine rings is 2. The van der Waals surface area contributed by atoms with Gasteiger partial charge >= 0.3 is 6.18 Å². The van der Waals surface area contributed by atoms with Crippen LogP contribution in [-0.2, 0) is 17.6 Å². The summed E-state index contributed by atoms with van der Waals surface area (Å²) >= 11 is 0. The highest BCUT2D eigenvalue weighted by molar-refractivity contribution is 6.39. The van der Waals surface area contributed by atoms with Crippen LogP contribution in [0.4, 0.5) is 13.2 Å². The minimum absolute atomic E-state index is 0.0515. The Balaban J connectivity index is 1.53. The van der Waals surface area contributed by atoms with Crippen molar-refractivity contribution in [2.45, 2.75) is 19.6 Å². The average Bonchev–Trinajstić information content (AvgIpc) is 2.88. The van der Waals surface area contributed by atoms with Gasteiger partial charge in [-0.3, -0.25) is 9.99 Å². The molecule has 11 heteroatoms. The van der Waals surface area contributed by atoms with Gasteiger partial charge in [-0.1, -0.05) is 35.9 Å². The molecule has 0 unspecified atom stereocenters. The molecule has 0 radical (unpaired) electrons. The number of rotatable bonds is 5. The van der Waals surface area contributed by atoms with Gasteiger partial charge in [-0.05, 0) is 30.2 Å². The van der Waals surface area contributed by atoms with Gasteiger partial charge in [0, 0.05) is 35.2 Å². The largest absolute Gasteiger partial charge is 0.481 e. The molecule has 2 aliphatic heterocycles. The van der Waals surface area contributed by atoms with Crippen molar-refractivity contribution in [1.82, 2.24) is 20.1 Å². The number of aromatic nitrogens is 2. The summed E-state index contributed by atoms with van der Waals surface area (Å²) in [5.41, 5.74) is 3.98. The van der Waals surface area contributed by atoms with Crippen molar-refractivity contribution >= 4 is 23.2 Å². The Hall–Kier alpha value is -4.25. The number of methoxy groups -OCH3 is 1. The lowest BCUT2D eigenvalue weighted by Gasteiger charge is -2.34. The van der Waals surface area contributed by atoms with Crippen LogP contribution >= 0.6 is 0 Å². The summed E-state index contributed by atoms with van der Waals surface area (Å²) in [7, 11) is 1.54. The first kappa shape index (κ1) is 23.5. The molecule has 4 heterocycles. The average molecular weight is 494 g/mol. The number of aryl methyl sites for hydroxylation is 1. The highest BCUT2D eigenvalue weighted by Crippen LogP contribution is 2.33. The summed E-state index contributed by atoms with van der Waals surface area (Å²) in [6.45, 7) is 2.26. The van der Waals surface area contributed by atoms with Crippen molar-refractivity contribution in [3.63, 3.8) is 0 Å². The van der Waals surface area contributed by atoms with Crippen LogP contribution in [-0.4, -0.2) is 46.0 Å². The van der Waals surface area contributed by atoms with Crippen molar-refractivity contribution in [3.05, 3.63) is 88.9 Å². The predicted octanol–water partition coefficient (Wildman–Crippen LogP) is 4.74. The maximum Gasteiger partial charge on any atom is 0.433 e. The van der Waals surface area contributed by atoms with Crippen LogP contribution in [0.3, 0.4) is 0 Å². The molecule has 2 aliphatic rings. The van der Waals surface area contributed by atoms with E-state index in [1.54, 1.807) is 30.6 Å². The molecular formula is C25H21F3N6O2. The van der Waals surface area contributed by atoms with Crippen LogP contribution in [0.15, 0.2) is 71.1 Å². The van der Waals surface area contributed by atoms with E-state index < -0.39 is 11.9 Å². The fourth-order valence-electron chi connectivity index (χ4n) is 3.78. The van der Waals surface area contributed by atoms with Crippen molar-refractivity contribution in [3.8, 4) is 5.88 Å². The Morgan fingerprint density at radius 1 is 0.972 bits per heavy atom. The van der Waals surface area contributed by atoms with Gasteiger partial charge in [0.2, 0.25) is 11.7 Å². The number of hydroxylamine groups is 1. The summed E-state index contributed by atoms with van der Waals surface area (Å²) in [5, 5.41) is 12.1. The van der Waals surface area contributed by atoms with E-state index in [9.17, 15) is 13.2 Å². The second-order valence-corrected chi connectivity index (χ2v) is 8.16. The molecule has 0 amide bonds. The van der Waals surface area contributed by atoms with E-state index in [1.165, 1.54) is 17.4 Å². The quantitative estimate of drug-likeness (QED) is 0.510. The Labute approximate surface area is 204 Å². The standard InChI is InChI=1S/C25H21F3N6O2/c1-16-3-6-18(7-4-16)20-13-31-34-24(23(20)19-8-10-22(35-2)30-12-19)32-33(15-36-34)14-17-5-9-21(29-11-17)25(26,27)28/h3-13H,14-15H2,1-2H3. The van der Waals surface area contributed by atoms with Crippen LogP contribution in [0.1, 0.15) is 27.9 Å². The fraction of sp³-hybridized carbons (Fsp3) is 0.200. The first-order valence-corrected chi connectivity index (χ1v) is 11.0. The number of benzene rings is 1. The molecule has 0 saturated carbocycles. The van der Waals surface area contributed by atoms with Crippen molar-refractivity contribution < 1.29 is 22.7 Å². The zero-order valence-electron chi connectivity index (χ0n) is 19.4. The SMILES string of the molecule is COc1ccc(C2=C(c3ccc(C)cc3)C=NN3OCN(Cc4ccc(C(F)(F)F)nc4)N=C23)cn1. The second kappa shape index (κ2) is 9.42. The van der Waals surface area contributed by atoms with E-state index in [1.807, 2.05) is 37.3 Å². The third-order valence-corrected chi connectivity index (χ3v) is 5.61. The topological polar surface area (TPSA) is 75.4 Å². The lowest BCUT2D eigenvalue weighted by molar-refractivity contribution is -0.159. The van der Waals surface area contributed by atoms with Gasteiger partial charge in [-0.2, -0.15) is 23.4 Å². The van der Waals surface area contributed by atoms with E-state index in [0.717, 1.165) is 33.9 Å². The highest BCUT2D eigenvalue weighted by Gasteiger charge is 2.33. The van der Waals surface area contributed by atoms with Crippen molar-refractivity contribution in [2.75, 3.05) is 13.8 Å². The maximum absolute atomic E-state index is 12.9. The number of fused-ring (bicyclic) bond motifs is 1. The van der Waals surface area contributed by atoms with Gasteiger partial charge in [-0.25, -0.2) is 9.82 Å². The number of nitrogens with zero attached hydrogens (tertiary/aromatic N) is 6. The van der Waals surface area contributed by atoms with Gasteiger partial charge in [0.25, 0.3) is 0 Å². The van der Waals surface area contributed by atoms with Gasteiger partial charge in [-0.15, -0.1) is 5.17 Å². The van der Waals surface area contributed by atoms with E-state index in [2.05, 4.69) is 15.1 Å². The molecule has 5 rings (SSSR count). The molecule has 3 aromatic rings. The number of halogens is 3. The number of hydrogen-bond donors (Lipinski definition) is 0. The molecule has 0 fully saturated rings. The summed E-state index contributed by atoms with van der Waals surface area (Å²) in [4.78, 5) is 13.7. The van der Waals surface area contributed by atoms with Crippen LogP contribution in [0, 0.1) is 6.92 Å². The van der Waals surface area contributed by atoms with Gasteiger partial charge < -0.3 is 4.74 Å². The van der Waals surface area contributed by atoms with Crippen LogP contribution in [0.5, 0.6) is 5.88 Å². The molecule has 8 nitrogen and oxygen atoms in total. The summed E-state index contributed by atoms with van der Waals surface area (Å²) in [6, 6.07) is 14.0. The van der Waals surface area contributed by atoms with E-state index in [-0.39, 0.29) is 13.3 Å². The van der Waals surface area contributed by atoms with E-state index in [0.29, 0.717) is 17.3 Å². The number of allylic oxidation sites excluding steroid dienone is 1. The third-order valence-electron chi connectivity index (χ3n) is 5.61.